The van der Waals surface area contributed by atoms with Gasteiger partial charge in [-0.15, -0.1) is 0 Å². The molecular weight excluding hydrogens is 526 g/mol. The molecule has 0 saturated carbocycles. The minimum Gasteiger partial charge on any atom is -0.480 e. The minimum absolute atomic E-state index is 0.129. The van der Waals surface area contributed by atoms with Gasteiger partial charge in [-0.25, -0.2) is 14.4 Å². The molecule has 0 heterocycles. The summed E-state index contributed by atoms with van der Waals surface area (Å²) in [5, 5.41) is 10.0. The number of carboxylic acids is 1. The van der Waals surface area contributed by atoms with Gasteiger partial charge in [0, 0.05) is 12.3 Å². The zero-order valence-corrected chi connectivity index (χ0v) is 24.1. The van der Waals surface area contributed by atoms with E-state index in [0.29, 0.717) is 24.8 Å². The van der Waals surface area contributed by atoms with Crippen LogP contribution in [-0.4, -0.2) is 61.0 Å². The lowest BCUT2D eigenvalue weighted by molar-refractivity contribution is -0.147. The number of hydrogen-bond acceptors (Lipinski definition) is 11. The maximum absolute atomic E-state index is 12.3. The monoisotopic (exact) mass is 569 g/mol. The number of nitrogens with two attached hydrogens (primary N) is 1. The largest absolute Gasteiger partial charge is 0.513 e. The van der Waals surface area contributed by atoms with Crippen molar-refractivity contribution in [2.24, 2.45) is 11.7 Å². The highest BCUT2D eigenvalue weighted by atomic mass is 16.7. The van der Waals surface area contributed by atoms with Gasteiger partial charge in [0.2, 0.25) is 0 Å². The number of unbranched alkanes of at least 4 members (excludes halogenated alkanes) is 3. The predicted octanol–water partition coefficient (Wildman–Crippen LogP) is 5.62. The Morgan fingerprint density at radius 2 is 1.27 bits per heavy atom. The molecule has 3 atom stereocenters. The van der Waals surface area contributed by atoms with Crippen LogP contribution in [0, 0.1) is 5.92 Å². The molecule has 0 fully saturated rings. The third-order valence-electron chi connectivity index (χ3n) is 6.24. The summed E-state index contributed by atoms with van der Waals surface area (Å²) in [5.74, 6) is -2.52. The first-order valence-electron chi connectivity index (χ1n) is 13.7. The molecule has 1 aromatic carbocycles. The summed E-state index contributed by atoms with van der Waals surface area (Å²) in [6.07, 6.45) is 0.302. The smallest absolute Gasteiger partial charge is 0.480 e. The lowest BCUT2D eigenvalue weighted by Crippen LogP contribution is -2.58. The van der Waals surface area contributed by atoms with Gasteiger partial charge in [0.25, 0.3) is 0 Å². The number of carboxylic acid groups (broad SMARTS) is 1. The van der Waals surface area contributed by atoms with Crippen LogP contribution in [0.15, 0.2) is 18.2 Å². The van der Waals surface area contributed by atoms with Crippen LogP contribution in [0.2, 0.25) is 0 Å². The van der Waals surface area contributed by atoms with Crippen molar-refractivity contribution in [3.05, 3.63) is 23.8 Å². The van der Waals surface area contributed by atoms with Crippen molar-refractivity contribution in [3.63, 3.8) is 0 Å². The Balaban J connectivity index is 3.16. The predicted molar refractivity (Wildman–Crippen MR) is 144 cm³/mol. The van der Waals surface area contributed by atoms with Gasteiger partial charge in [-0.1, -0.05) is 53.0 Å². The number of hydrogen-bond donors (Lipinski definition) is 2. The molecule has 0 radical (unpaired) electrons. The zero-order chi connectivity index (χ0) is 30.1. The molecule has 0 amide bonds. The second-order valence-electron chi connectivity index (χ2n) is 9.48. The zero-order valence-electron chi connectivity index (χ0n) is 24.1. The van der Waals surface area contributed by atoms with Crippen LogP contribution >= 0.6 is 0 Å². The molecule has 0 saturated heterocycles. The molecule has 12 nitrogen and oxygen atoms in total. The quantitative estimate of drug-likeness (QED) is 0.103. The molecule has 0 aliphatic carbocycles. The Morgan fingerprint density at radius 3 is 1.75 bits per heavy atom. The molecule has 0 unspecified atom stereocenters. The molecule has 0 bridgehead atoms. The number of carbonyl (C=O) groups is 4. The van der Waals surface area contributed by atoms with Crippen molar-refractivity contribution in [3.8, 4) is 11.5 Å². The highest BCUT2D eigenvalue weighted by molar-refractivity contribution is 5.80. The second-order valence-corrected chi connectivity index (χ2v) is 9.48. The summed E-state index contributed by atoms with van der Waals surface area (Å²) in [5.41, 5.74) is 4.81. The van der Waals surface area contributed by atoms with E-state index in [1.165, 1.54) is 25.1 Å². The normalized spacial score (nSPS) is 13.8. The van der Waals surface area contributed by atoms with E-state index in [-0.39, 0.29) is 37.7 Å². The van der Waals surface area contributed by atoms with Gasteiger partial charge in [0.05, 0.1) is 19.8 Å². The molecular formula is C28H43NO11. The number of benzene rings is 1. The van der Waals surface area contributed by atoms with Crippen molar-refractivity contribution in [1.82, 2.24) is 0 Å². The fraction of sp³-hybridized carbons (Fsp3) is 0.643. The number of ether oxygens (including phenoxy) is 6. The van der Waals surface area contributed by atoms with Crippen LogP contribution in [-0.2, 0) is 30.2 Å². The average molecular weight is 570 g/mol. The minimum atomic E-state index is -1.90. The van der Waals surface area contributed by atoms with Crippen LogP contribution in [0.4, 0.5) is 14.4 Å². The fourth-order valence-corrected chi connectivity index (χ4v) is 3.44. The topological polar surface area (TPSA) is 170 Å². The van der Waals surface area contributed by atoms with Crippen molar-refractivity contribution < 1.29 is 52.7 Å². The Kier molecular flexibility index (Phi) is 15.5. The summed E-state index contributed by atoms with van der Waals surface area (Å²) in [6, 6.07) is 4.15. The van der Waals surface area contributed by atoms with Crippen molar-refractivity contribution in [2.45, 2.75) is 91.2 Å². The van der Waals surface area contributed by atoms with Gasteiger partial charge >= 0.3 is 24.4 Å². The molecule has 12 heteroatoms. The van der Waals surface area contributed by atoms with Gasteiger partial charge < -0.3 is 39.3 Å². The Morgan fingerprint density at radius 1 is 0.800 bits per heavy atom. The van der Waals surface area contributed by atoms with Crippen LogP contribution in [0.1, 0.15) is 78.7 Å². The standard InChI is InChI=1S/C28H43NO11/c1-6-9-14-35-25(32)38-20(5)19(4)28(29,24(30)31)18-21-12-13-22(39-26(33)36-15-10-7-2)23(17-21)40-27(34)37-16-11-8-3/h12-13,17,19-20H,6-11,14-16,18,29H2,1-5H3,(H,30,31)/t19-,20+,28-/m1/s1. The molecule has 0 aromatic heterocycles. The second kappa shape index (κ2) is 17.9. The summed E-state index contributed by atoms with van der Waals surface area (Å²) in [7, 11) is 0. The van der Waals surface area contributed by atoms with E-state index in [4.69, 9.17) is 34.2 Å². The van der Waals surface area contributed by atoms with E-state index in [1.54, 1.807) is 6.92 Å². The summed E-state index contributed by atoms with van der Waals surface area (Å²) in [6.45, 7) is 9.35. The van der Waals surface area contributed by atoms with E-state index in [2.05, 4.69) is 0 Å². The molecule has 3 N–H and O–H groups in total. The van der Waals surface area contributed by atoms with Crippen molar-refractivity contribution >= 4 is 24.4 Å². The fourth-order valence-electron chi connectivity index (χ4n) is 3.44. The average Bonchev–Trinajstić information content (AvgIpc) is 2.90. The third-order valence-corrected chi connectivity index (χ3v) is 6.24. The Labute approximate surface area is 235 Å². The van der Waals surface area contributed by atoms with Crippen molar-refractivity contribution in [2.75, 3.05) is 19.8 Å². The van der Waals surface area contributed by atoms with Gasteiger partial charge in [0.15, 0.2) is 11.5 Å². The molecule has 0 aliphatic rings. The highest BCUT2D eigenvalue weighted by Gasteiger charge is 2.44. The molecule has 1 rings (SSSR count). The summed E-state index contributed by atoms with van der Waals surface area (Å²) >= 11 is 0. The third kappa shape index (κ3) is 11.7. The van der Waals surface area contributed by atoms with E-state index >= 15 is 0 Å². The summed E-state index contributed by atoms with van der Waals surface area (Å²) < 4.78 is 30.8. The number of rotatable bonds is 17. The first-order chi connectivity index (χ1) is 19.0. The summed E-state index contributed by atoms with van der Waals surface area (Å²) in [4.78, 5) is 48.7. The number of carbonyl (C=O) groups excluding carboxylic acids is 3. The van der Waals surface area contributed by atoms with Gasteiger partial charge in [-0.3, -0.25) is 4.79 Å². The maximum atomic E-state index is 12.3. The molecule has 0 spiro atoms. The molecule has 40 heavy (non-hydrogen) atoms. The first kappa shape index (κ1) is 34.5. The van der Waals surface area contributed by atoms with Gasteiger partial charge in [0.1, 0.15) is 11.6 Å². The van der Waals surface area contributed by atoms with E-state index in [1.807, 2.05) is 20.8 Å². The first-order valence-corrected chi connectivity index (χ1v) is 13.7. The molecule has 0 aliphatic heterocycles. The van der Waals surface area contributed by atoms with Gasteiger partial charge in [-0.2, -0.15) is 0 Å². The Hall–Kier alpha value is -3.54. The highest BCUT2D eigenvalue weighted by Crippen LogP contribution is 2.33. The maximum Gasteiger partial charge on any atom is 0.513 e. The Bertz CT molecular complexity index is 968. The van der Waals surface area contributed by atoms with Crippen LogP contribution in [0.25, 0.3) is 0 Å². The molecule has 226 valence electrons. The van der Waals surface area contributed by atoms with Crippen LogP contribution in [0.3, 0.4) is 0 Å². The van der Waals surface area contributed by atoms with Crippen LogP contribution in [0.5, 0.6) is 11.5 Å². The van der Waals surface area contributed by atoms with Crippen molar-refractivity contribution in [1.29, 1.82) is 0 Å². The van der Waals surface area contributed by atoms with Gasteiger partial charge in [-0.05, 0) is 43.9 Å². The molecule has 1 aromatic rings. The van der Waals surface area contributed by atoms with E-state index in [9.17, 15) is 24.3 Å². The van der Waals surface area contributed by atoms with E-state index < -0.39 is 42.0 Å². The number of aliphatic carboxylic acids is 1. The lowest BCUT2D eigenvalue weighted by atomic mass is 9.78. The van der Waals surface area contributed by atoms with E-state index in [0.717, 1.165) is 19.3 Å². The lowest BCUT2D eigenvalue weighted by Gasteiger charge is -2.34. The van der Waals surface area contributed by atoms with Crippen LogP contribution < -0.4 is 15.2 Å². The SMILES string of the molecule is CCCCOC(=O)Oc1ccc(C[C@](N)(C(=O)O)[C@H](C)[C@H](C)OC(=O)OCCCC)cc1OC(=O)OCCCC.